The molecule has 0 aromatic heterocycles. The average molecular weight is 377 g/mol. The van der Waals surface area contributed by atoms with Gasteiger partial charge in [0.15, 0.2) is 0 Å². The highest BCUT2D eigenvalue weighted by molar-refractivity contribution is 5.74. The Hall–Kier alpha value is -2.22. The molecule has 2 nitrogen and oxygen atoms in total. The highest BCUT2D eigenvalue weighted by Gasteiger charge is 2.40. The summed E-state index contributed by atoms with van der Waals surface area (Å²) in [5, 5.41) is 0. The second kappa shape index (κ2) is 7.31. The molecule has 0 atom stereocenters. The Kier molecular flexibility index (Phi) is 5.36. The van der Waals surface area contributed by atoms with Gasteiger partial charge in [0.1, 0.15) is 6.17 Å². The van der Waals surface area contributed by atoms with Crippen molar-refractivity contribution in [1.82, 2.24) is 0 Å². The predicted molar refractivity (Wildman–Crippen MR) is 123 cm³/mol. The summed E-state index contributed by atoms with van der Waals surface area (Å²) < 4.78 is 0. The lowest BCUT2D eigenvalue weighted by Gasteiger charge is -2.40. The van der Waals surface area contributed by atoms with Crippen LogP contribution in [0.1, 0.15) is 61.1 Å². The average Bonchev–Trinajstić information content (AvgIpc) is 2.79. The summed E-state index contributed by atoms with van der Waals surface area (Å²) in [6, 6.07) is 9.25. The molecule has 28 heavy (non-hydrogen) atoms. The first kappa shape index (κ1) is 20.5. The highest BCUT2D eigenvalue weighted by Crippen LogP contribution is 2.44. The summed E-state index contributed by atoms with van der Waals surface area (Å²) in [5.74, 6) is 0.479. The number of hydrogen-bond donors (Lipinski definition) is 0. The molecule has 0 saturated carbocycles. The monoisotopic (exact) mass is 376 g/mol. The van der Waals surface area contributed by atoms with Gasteiger partial charge in [0.05, 0.1) is 0 Å². The van der Waals surface area contributed by atoms with E-state index >= 15 is 0 Å². The lowest BCUT2D eigenvalue weighted by molar-refractivity contribution is 0.491. The van der Waals surface area contributed by atoms with E-state index in [4.69, 9.17) is 0 Å². The number of benzene rings is 2. The molecular weight excluding hydrogens is 340 g/mol. The van der Waals surface area contributed by atoms with Crippen LogP contribution in [0, 0.1) is 47.5 Å². The summed E-state index contributed by atoms with van der Waals surface area (Å²) in [6.07, 6.45) is 0.278. The number of anilines is 2. The van der Waals surface area contributed by atoms with Crippen LogP contribution < -0.4 is 9.80 Å². The third-order valence-electron chi connectivity index (χ3n) is 6.12. The van der Waals surface area contributed by atoms with E-state index in [1.807, 2.05) is 0 Å². The zero-order valence-corrected chi connectivity index (χ0v) is 19.4. The van der Waals surface area contributed by atoms with Gasteiger partial charge in [-0.25, -0.2) is 0 Å². The van der Waals surface area contributed by atoms with E-state index in [1.54, 1.807) is 0 Å². The van der Waals surface area contributed by atoms with Crippen molar-refractivity contribution in [1.29, 1.82) is 0 Å². The van der Waals surface area contributed by atoms with Gasteiger partial charge < -0.3 is 9.80 Å². The Bertz CT molecular complexity index is 829. The molecule has 2 heteroatoms. The lowest BCUT2D eigenvalue weighted by atomic mass is 9.99. The summed E-state index contributed by atoms with van der Waals surface area (Å²) >= 11 is 0. The quantitative estimate of drug-likeness (QED) is 0.564. The molecule has 0 spiro atoms. The Morgan fingerprint density at radius 1 is 0.571 bits per heavy atom. The van der Waals surface area contributed by atoms with E-state index in [1.165, 1.54) is 56.1 Å². The second-order valence-electron chi connectivity index (χ2n) is 9.06. The minimum absolute atomic E-state index is 0.278. The number of rotatable bonds is 3. The fourth-order valence-electron chi connectivity index (χ4n) is 5.16. The summed E-state index contributed by atoms with van der Waals surface area (Å²) in [5.41, 5.74) is 13.5. The third-order valence-corrected chi connectivity index (χ3v) is 6.12. The van der Waals surface area contributed by atoms with Crippen LogP contribution in [0.15, 0.2) is 35.7 Å². The normalized spacial score (nSPS) is 15.4. The van der Waals surface area contributed by atoms with Crippen molar-refractivity contribution in [3.8, 4) is 0 Å². The van der Waals surface area contributed by atoms with Crippen LogP contribution in [0.5, 0.6) is 0 Å². The summed E-state index contributed by atoms with van der Waals surface area (Å²) in [6.45, 7) is 22.6. The fraction of sp³-hybridized carbons (Fsp3) is 0.462. The first-order valence-corrected chi connectivity index (χ1v) is 10.5. The van der Waals surface area contributed by atoms with Crippen molar-refractivity contribution in [2.45, 2.75) is 75.4 Å². The Morgan fingerprint density at radius 2 is 0.857 bits per heavy atom. The number of aryl methyl sites for hydroxylation is 6. The molecule has 1 aliphatic heterocycles. The van der Waals surface area contributed by atoms with E-state index in [0.29, 0.717) is 5.92 Å². The van der Waals surface area contributed by atoms with Gasteiger partial charge in [-0.1, -0.05) is 49.2 Å². The van der Waals surface area contributed by atoms with Crippen molar-refractivity contribution in [3.05, 3.63) is 69.0 Å². The number of hydrogen-bond acceptors (Lipinski definition) is 2. The van der Waals surface area contributed by atoms with Crippen molar-refractivity contribution in [2.24, 2.45) is 5.92 Å². The maximum absolute atomic E-state index is 2.59. The van der Waals surface area contributed by atoms with Crippen LogP contribution in [-0.2, 0) is 0 Å². The fourth-order valence-corrected chi connectivity index (χ4v) is 5.16. The molecule has 1 heterocycles. The summed E-state index contributed by atoms with van der Waals surface area (Å²) in [4.78, 5) is 5.17. The molecule has 1 aliphatic rings. The first-order chi connectivity index (χ1) is 13.0. The third kappa shape index (κ3) is 3.23. The second-order valence-corrected chi connectivity index (χ2v) is 9.06. The van der Waals surface area contributed by atoms with Gasteiger partial charge in [0, 0.05) is 22.8 Å². The molecule has 0 N–H and O–H groups in total. The number of allylic oxidation sites excluding steroid dienone is 2. The van der Waals surface area contributed by atoms with Crippen LogP contribution in [0.4, 0.5) is 11.4 Å². The Labute approximate surface area is 171 Å². The van der Waals surface area contributed by atoms with Gasteiger partial charge in [-0.05, 0) is 83.6 Å². The minimum atomic E-state index is 0.278. The molecule has 2 aromatic rings. The minimum Gasteiger partial charge on any atom is -0.322 e. The van der Waals surface area contributed by atoms with Gasteiger partial charge in [-0.15, -0.1) is 0 Å². The molecule has 0 fully saturated rings. The smallest absolute Gasteiger partial charge is 0.113 e. The van der Waals surface area contributed by atoms with E-state index in [0.717, 1.165) is 0 Å². The molecule has 0 bridgehead atoms. The van der Waals surface area contributed by atoms with Gasteiger partial charge in [-0.2, -0.15) is 0 Å². The molecule has 2 aromatic carbocycles. The number of nitrogens with zero attached hydrogens (tertiary/aromatic N) is 2. The van der Waals surface area contributed by atoms with Crippen molar-refractivity contribution < 1.29 is 0 Å². The first-order valence-electron chi connectivity index (χ1n) is 10.5. The topological polar surface area (TPSA) is 6.48 Å². The molecule has 0 amide bonds. The van der Waals surface area contributed by atoms with Crippen LogP contribution in [0.25, 0.3) is 0 Å². The van der Waals surface area contributed by atoms with Crippen LogP contribution in [0.3, 0.4) is 0 Å². The van der Waals surface area contributed by atoms with E-state index in [2.05, 4.69) is 103 Å². The molecule has 150 valence electrons. The molecule has 0 radical (unpaired) electrons. The molecule has 0 saturated heterocycles. The van der Waals surface area contributed by atoms with Crippen molar-refractivity contribution >= 4 is 11.4 Å². The maximum Gasteiger partial charge on any atom is 0.113 e. The molecule has 0 unspecified atom stereocenters. The predicted octanol–water partition coefficient (Wildman–Crippen LogP) is 7.10. The SMILES string of the molecule is CC1=C(C)N(c2c(C)cc(C)cc2C)C(C(C)C)N1c1c(C)cc(C)cc1C. The Balaban J connectivity index is 2.24. The lowest BCUT2D eigenvalue weighted by Crippen LogP contribution is -2.45. The van der Waals surface area contributed by atoms with Crippen LogP contribution in [0.2, 0.25) is 0 Å². The van der Waals surface area contributed by atoms with Crippen molar-refractivity contribution in [3.63, 3.8) is 0 Å². The van der Waals surface area contributed by atoms with E-state index in [9.17, 15) is 0 Å². The van der Waals surface area contributed by atoms with Crippen molar-refractivity contribution in [2.75, 3.05) is 9.80 Å². The van der Waals surface area contributed by atoms with Crippen LogP contribution >= 0.6 is 0 Å². The Morgan fingerprint density at radius 3 is 1.11 bits per heavy atom. The largest absolute Gasteiger partial charge is 0.322 e. The maximum atomic E-state index is 2.59. The standard InChI is InChI=1S/C26H36N2/c1-15(2)26-27(24-18(5)11-16(3)12-19(24)6)22(9)23(10)28(26)25-20(7)13-17(4)14-21(25)8/h11-15,26H,1-10H3. The van der Waals surface area contributed by atoms with Gasteiger partial charge >= 0.3 is 0 Å². The van der Waals surface area contributed by atoms with E-state index in [-0.39, 0.29) is 6.17 Å². The zero-order chi connectivity index (χ0) is 20.9. The highest BCUT2D eigenvalue weighted by atomic mass is 15.4. The van der Waals surface area contributed by atoms with Gasteiger partial charge in [0.2, 0.25) is 0 Å². The molecule has 3 rings (SSSR count). The molecule has 0 aliphatic carbocycles. The van der Waals surface area contributed by atoms with E-state index < -0.39 is 0 Å². The molecular formula is C26H36N2. The van der Waals surface area contributed by atoms with Crippen LogP contribution in [-0.4, -0.2) is 6.17 Å². The van der Waals surface area contributed by atoms with Gasteiger partial charge in [0.25, 0.3) is 0 Å². The zero-order valence-electron chi connectivity index (χ0n) is 19.4. The van der Waals surface area contributed by atoms with Gasteiger partial charge in [-0.3, -0.25) is 0 Å². The summed E-state index contributed by atoms with van der Waals surface area (Å²) in [7, 11) is 0.